The molecule has 2 unspecified atom stereocenters. The highest BCUT2D eigenvalue weighted by Gasteiger charge is 2.30. The normalized spacial score (nSPS) is 26.6. The number of hydrogen-bond donors (Lipinski definition) is 1. The van der Waals surface area contributed by atoms with E-state index in [4.69, 9.17) is 10.5 Å². The molecule has 0 saturated carbocycles. The Bertz CT molecular complexity index is 472. The van der Waals surface area contributed by atoms with Gasteiger partial charge in [-0.15, -0.1) is 0 Å². The molecule has 1 aromatic rings. The second kappa shape index (κ2) is 4.84. The number of ether oxygens (including phenoxy) is 1. The predicted octanol–water partition coefficient (Wildman–Crippen LogP) is 2.23. The van der Waals surface area contributed by atoms with Gasteiger partial charge in [-0.05, 0) is 42.4 Å². The van der Waals surface area contributed by atoms with E-state index in [2.05, 4.69) is 23.2 Å². The molecule has 96 valence electrons. The minimum Gasteiger partial charge on any atom is -0.496 e. The van der Waals surface area contributed by atoms with Crippen LogP contribution in [0.5, 0.6) is 5.75 Å². The smallest absolute Gasteiger partial charge is 0.154 e. The average Bonchev–Trinajstić information content (AvgIpc) is 2.84. The zero-order chi connectivity index (χ0) is 12.5. The van der Waals surface area contributed by atoms with E-state index in [1.807, 2.05) is 0 Å². The van der Waals surface area contributed by atoms with E-state index >= 15 is 0 Å². The monoisotopic (exact) mass is 262 g/mol. The Morgan fingerprint density at radius 3 is 3.06 bits per heavy atom. The van der Waals surface area contributed by atoms with Gasteiger partial charge in [0.1, 0.15) is 5.75 Å². The Morgan fingerprint density at radius 2 is 2.33 bits per heavy atom. The fourth-order valence-electron chi connectivity index (χ4n) is 2.95. The summed E-state index contributed by atoms with van der Waals surface area (Å²) in [5.41, 5.74) is 8.59. The molecule has 3 rings (SSSR count). The average molecular weight is 262 g/mol. The van der Waals surface area contributed by atoms with Crippen molar-refractivity contribution in [2.24, 2.45) is 16.6 Å². The van der Waals surface area contributed by atoms with Crippen LogP contribution in [0.4, 0.5) is 0 Å². The minimum absolute atomic E-state index is 0.396. The first-order chi connectivity index (χ1) is 8.78. The summed E-state index contributed by atoms with van der Waals surface area (Å²) in [7, 11) is 1.75. The number of rotatable bonds is 2. The molecule has 2 N–H and O–H groups in total. The van der Waals surface area contributed by atoms with Gasteiger partial charge in [0.05, 0.1) is 13.2 Å². The molecule has 0 fully saturated rings. The van der Waals surface area contributed by atoms with Crippen LogP contribution in [0.2, 0.25) is 0 Å². The molecule has 2 aliphatic rings. The van der Waals surface area contributed by atoms with Crippen LogP contribution in [-0.4, -0.2) is 24.1 Å². The Kier molecular flexibility index (Phi) is 3.20. The van der Waals surface area contributed by atoms with E-state index in [0.717, 1.165) is 29.5 Å². The van der Waals surface area contributed by atoms with Gasteiger partial charge in [0.25, 0.3) is 0 Å². The predicted molar refractivity (Wildman–Crippen MR) is 76.4 cm³/mol. The minimum atomic E-state index is 0.396. The molecule has 3 nitrogen and oxygen atoms in total. The highest BCUT2D eigenvalue weighted by atomic mass is 32.2. The highest BCUT2D eigenvalue weighted by molar-refractivity contribution is 8.14. The second-order valence-corrected chi connectivity index (χ2v) is 5.99. The molecule has 18 heavy (non-hydrogen) atoms. The molecule has 0 amide bonds. The Balaban J connectivity index is 1.84. The summed E-state index contributed by atoms with van der Waals surface area (Å²) >= 11 is 1.69. The van der Waals surface area contributed by atoms with Crippen LogP contribution >= 0.6 is 11.8 Å². The molecule has 1 heterocycles. The van der Waals surface area contributed by atoms with Gasteiger partial charge < -0.3 is 10.5 Å². The van der Waals surface area contributed by atoms with Crippen LogP contribution in [0.3, 0.4) is 0 Å². The van der Waals surface area contributed by atoms with Gasteiger partial charge in [-0.3, -0.25) is 4.99 Å². The number of thioether (sulfide) groups is 1. The number of hydrogen-bond acceptors (Lipinski definition) is 4. The number of amidine groups is 1. The van der Waals surface area contributed by atoms with Gasteiger partial charge >= 0.3 is 0 Å². The van der Waals surface area contributed by atoms with Crippen molar-refractivity contribution in [3.63, 3.8) is 0 Å². The summed E-state index contributed by atoms with van der Waals surface area (Å²) in [6.07, 6.45) is 3.41. The Morgan fingerprint density at radius 1 is 1.44 bits per heavy atom. The zero-order valence-electron chi connectivity index (χ0n) is 10.6. The highest BCUT2D eigenvalue weighted by Crippen LogP contribution is 2.36. The number of benzene rings is 1. The van der Waals surface area contributed by atoms with Crippen molar-refractivity contribution in [3.05, 3.63) is 29.3 Å². The van der Waals surface area contributed by atoms with Gasteiger partial charge in [-0.25, -0.2) is 0 Å². The van der Waals surface area contributed by atoms with Crippen molar-refractivity contribution in [2.45, 2.75) is 25.3 Å². The van der Waals surface area contributed by atoms with Crippen LogP contribution < -0.4 is 10.5 Å². The zero-order valence-corrected chi connectivity index (χ0v) is 11.4. The van der Waals surface area contributed by atoms with E-state index < -0.39 is 0 Å². The topological polar surface area (TPSA) is 47.6 Å². The molecule has 2 atom stereocenters. The Hall–Kier alpha value is -1.16. The first-order valence-corrected chi connectivity index (χ1v) is 7.37. The number of nitrogens with two attached hydrogens (primary N) is 1. The summed E-state index contributed by atoms with van der Waals surface area (Å²) in [4.78, 5) is 4.56. The van der Waals surface area contributed by atoms with Gasteiger partial charge in [0.15, 0.2) is 5.17 Å². The van der Waals surface area contributed by atoms with Crippen LogP contribution in [-0.2, 0) is 12.8 Å². The van der Waals surface area contributed by atoms with Crippen molar-refractivity contribution >= 4 is 16.9 Å². The number of fused-ring (bicyclic) bond motifs is 1. The van der Waals surface area contributed by atoms with Crippen molar-refractivity contribution in [3.8, 4) is 5.75 Å². The largest absolute Gasteiger partial charge is 0.496 e. The molecular formula is C14H18N2OS. The van der Waals surface area contributed by atoms with E-state index in [-0.39, 0.29) is 0 Å². The fourth-order valence-corrected chi connectivity index (χ4v) is 3.85. The summed E-state index contributed by atoms with van der Waals surface area (Å²) in [5.74, 6) is 2.68. The van der Waals surface area contributed by atoms with Gasteiger partial charge in [-0.2, -0.15) is 0 Å². The van der Waals surface area contributed by atoms with Crippen LogP contribution in [0, 0.1) is 5.92 Å². The summed E-state index contributed by atoms with van der Waals surface area (Å²) < 4.78 is 5.48. The number of nitrogens with zero attached hydrogens (tertiary/aromatic N) is 1. The van der Waals surface area contributed by atoms with Crippen molar-refractivity contribution in [1.82, 2.24) is 0 Å². The molecular weight excluding hydrogens is 244 g/mol. The van der Waals surface area contributed by atoms with Gasteiger partial charge in [-0.1, -0.05) is 23.9 Å². The quantitative estimate of drug-likeness (QED) is 0.889. The maximum Gasteiger partial charge on any atom is 0.154 e. The molecule has 0 spiro atoms. The Labute approximate surface area is 112 Å². The van der Waals surface area contributed by atoms with E-state index in [9.17, 15) is 0 Å². The van der Waals surface area contributed by atoms with Crippen molar-refractivity contribution in [1.29, 1.82) is 0 Å². The molecule has 0 radical (unpaired) electrons. The lowest BCUT2D eigenvalue weighted by Crippen LogP contribution is -2.26. The third-order valence-corrected chi connectivity index (χ3v) is 4.85. The molecule has 1 aliphatic carbocycles. The van der Waals surface area contributed by atoms with Crippen LogP contribution in [0.15, 0.2) is 23.2 Å². The molecule has 1 aromatic carbocycles. The summed E-state index contributed by atoms with van der Waals surface area (Å²) in [6, 6.07) is 6.75. The summed E-state index contributed by atoms with van der Waals surface area (Å²) in [5, 5.41) is 0.755. The maximum absolute atomic E-state index is 5.77. The van der Waals surface area contributed by atoms with Gasteiger partial charge in [0.2, 0.25) is 0 Å². The van der Waals surface area contributed by atoms with E-state index in [0.29, 0.717) is 12.0 Å². The third kappa shape index (κ3) is 2.09. The van der Waals surface area contributed by atoms with E-state index in [1.54, 1.807) is 18.9 Å². The molecule has 4 heteroatoms. The molecule has 0 saturated heterocycles. The number of methoxy groups -OCH3 is 1. The first kappa shape index (κ1) is 11.9. The van der Waals surface area contributed by atoms with Gasteiger partial charge in [0, 0.05) is 5.75 Å². The maximum atomic E-state index is 5.77. The van der Waals surface area contributed by atoms with Crippen molar-refractivity contribution < 1.29 is 4.74 Å². The second-order valence-electron chi connectivity index (χ2n) is 4.95. The number of aliphatic imine (C=N–C) groups is 1. The SMILES string of the molecule is COc1cccc2c1CC(C1CSC(N)=N1)CC2. The standard InChI is InChI=1S/C14H18N2OS/c1-17-13-4-2-3-9-5-6-10(7-11(9)13)12-8-18-14(15)16-12/h2-4,10,12H,5-8H2,1H3,(H2,15,16). The fraction of sp³-hybridized carbons (Fsp3) is 0.500. The summed E-state index contributed by atoms with van der Waals surface area (Å²) in [6.45, 7) is 0. The molecule has 0 bridgehead atoms. The van der Waals surface area contributed by atoms with Crippen molar-refractivity contribution in [2.75, 3.05) is 12.9 Å². The van der Waals surface area contributed by atoms with Crippen LogP contribution in [0.1, 0.15) is 17.5 Å². The number of aryl methyl sites for hydroxylation is 1. The molecule has 1 aliphatic heterocycles. The first-order valence-electron chi connectivity index (χ1n) is 6.38. The lowest BCUT2D eigenvalue weighted by molar-refractivity contribution is 0.372. The third-order valence-electron chi connectivity index (χ3n) is 3.94. The lowest BCUT2D eigenvalue weighted by atomic mass is 9.80. The van der Waals surface area contributed by atoms with Crippen LogP contribution in [0.25, 0.3) is 0 Å². The lowest BCUT2D eigenvalue weighted by Gasteiger charge is -2.28. The molecule has 0 aromatic heterocycles. The van der Waals surface area contributed by atoms with E-state index in [1.165, 1.54) is 17.5 Å².